The third kappa shape index (κ3) is 4.83. The highest BCUT2D eigenvalue weighted by Gasteiger charge is 2.45. The van der Waals surface area contributed by atoms with Gasteiger partial charge in [0, 0.05) is 11.6 Å². The van der Waals surface area contributed by atoms with Crippen LogP contribution in [0.2, 0.25) is 10.0 Å². The number of ether oxygens (including phenoxy) is 1. The quantitative estimate of drug-likeness (QED) is 0.421. The van der Waals surface area contributed by atoms with Crippen molar-refractivity contribution in [1.82, 2.24) is 15.3 Å². The molecule has 2 aromatic carbocycles. The van der Waals surface area contributed by atoms with E-state index in [1.165, 1.54) is 30.3 Å². The Balaban J connectivity index is 1.86. The molecule has 0 aliphatic carbocycles. The van der Waals surface area contributed by atoms with Crippen molar-refractivity contribution in [3.05, 3.63) is 51.8 Å². The summed E-state index contributed by atoms with van der Waals surface area (Å²) in [6, 6.07) is 6.20. The van der Waals surface area contributed by atoms with Crippen LogP contribution in [-0.2, 0) is 10.7 Å². The van der Waals surface area contributed by atoms with Gasteiger partial charge in [-0.2, -0.15) is 8.78 Å². The van der Waals surface area contributed by atoms with E-state index in [4.69, 9.17) is 33.0 Å². The van der Waals surface area contributed by atoms with Crippen molar-refractivity contribution in [2.24, 2.45) is 0 Å². The fourth-order valence-electron chi connectivity index (χ4n) is 2.48. The number of halogens is 6. The smallest absolute Gasteiger partial charge is 0.363 e. The van der Waals surface area contributed by atoms with E-state index in [2.05, 4.69) is 15.3 Å². The third-order valence-corrected chi connectivity index (χ3v) is 4.49. The van der Waals surface area contributed by atoms with Crippen molar-refractivity contribution in [3.63, 3.8) is 0 Å². The predicted molar refractivity (Wildman–Crippen MR) is 102 cm³/mol. The molecule has 3 rings (SSSR count). The highest BCUT2D eigenvalue weighted by atomic mass is 35.5. The molecule has 1 amide bonds. The van der Waals surface area contributed by atoms with E-state index in [-0.39, 0.29) is 38.1 Å². The lowest BCUT2D eigenvalue weighted by atomic mass is 10.2. The summed E-state index contributed by atoms with van der Waals surface area (Å²) in [6.07, 6.45) is -3.94. The number of benzene rings is 2. The fourth-order valence-corrected chi connectivity index (χ4v) is 3.04. The minimum Gasteiger partial charge on any atom is -0.480 e. The van der Waals surface area contributed by atoms with Crippen molar-refractivity contribution < 1.29 is 37.0 Å². The van der Waals surface area contributed by atoms with Gasteiger partial charge in [0.05, 0.1) is 21.1 Å². The number of nitrogens with one attached hydrogen (secondary N) is 2. The van der Waals surface area contributed by atoms with E-state index >= 15 is 0 Å². The number of aliphatic carboxylic acids is 1. The Labute approximate surface area is 180 Å². The summed E-state index contributed by atoms with van der Waals surface area (Å²) in [5.74, 6) is -7.63. The number of imidazole rings is 1. The second-order valence-corrected chi connectivity index (χ2v) is 6.95. The van der Waals surface area contributed by atoms with Crippen LogP contribution in [0.5, 0.6) is 11.5 Å². The summed E-state index contributed by atoms with van der Waals surface area (Å²) >= 11 is 12.2. The first-order valence-electron chi connectivity index (χ1n) is 8.32. The molecule has 3 aromatic rings. The van der Waals surface area contributed by atoms with Crippen LogP contribution in [-0.4, -0.2) is 39.9 Å². The van der Waals surface area contributed by atoms with Crippen LogP contribution in [0.15, 0.2) is 30.3 Å². The molecule has 164 valence electrons. The van der Waals surface area contributed by atoms with Crippen LogP contribution in [0.4, 0.5) is 17.6 Å². The number of carbonyl (C=O) groups excluding carboxylic acids is 1. The van der Waals surface area contributed by atoms with Crippen molar-refractivity contribution in [1.29, 1.82) is 0 Å². The third-order valence-electron chi connectivity index (χ3n) is 3.92. The van der Waals surface area contributed by atoms with Crippen LogP contribution in [0.3, 0.4) is 0 Å². The lowest BCUT2D eigenvalue weighted by molar-refractivity contribution is -0.140. The Morgan fingerprint density at radius 3 is 2.42 bits per heavy atom. The largest absolute Gasteiger partial charge is 0.480 e. The van der Waals surface area contributed by atoms with Gasteiger partial charge in [0.1, 0.15) is 12.3 Å². The van der Waals surface area contributed by atoms with Gasteiger partial charge in [-0.25, -0.2) is 13.8 Å². The first kappa shape index (κ1) is 22.6. The zero-order valence-corrected chi connectivity index (χ0v) is 16.6. The van der Waals surface area contributed by atoms with E-state index in [0.717, 1.165) is 0 Å². The number of nitrogens with zero attached hydrogens (tertiary/aromatic N) is 1. The summed E-state index contributed by atoms with van der Waals surface area (Å²) in [5, 5.41) is 10.6. The lowest BCUT2D eigenvalue weighted by Gasteiger charge is -2.11. The van der Waals surface area contributed by atoms with Crippen molar-refractivity contribution >= 4 is 46.1 Å². The molecule has 1 heterocycles. The van der Waals surface area contributed by atoms with Crippen LogP contribution in [0, 0.1) is 0 Å². The van der Waals surface area contributed by atoms with Crippen molar-refractivity contribution in [3.8, 4) is 11.5 Å². The van der Waals surface area contributed by atoms with E-state index < -0.39 is 36.6 Å². The fraction of sp³-hybridized carbons (Fsp3) is 0.167. The molecule has 13 heteroatoms. The molecule has 0 aliphatic rings. The maximum absolute atomic E-state index is 13.5. The zero-order valence-electron chi connectivity index (χ0n) is 15.1. The van der Waals surface area contributed by atoms with Crippen LogP contribution in [0.1, 0.15) is 16.2 Å². The van der Waals surface area contributed by atoms with Crippen LogP contribution >= 0.6 is 23.2 Å². The molecule has 31 heavy (non-hydrogen) atoms. The number of carboxylic acids is 1. The Hall–Kier alpha value is -3.05. The van der Waals surface area contributed by atoms with E-state index in [1.54, 1.807) is 0 Å². The maximum Gasteiger partial charge on any atom is 0.363 e. The summed E-state index contributed by atoms with van der Waals surface area (Å²) in [7, 11) is 0. The molecule has 1 aromatic heterocycles. The lowest BCUT2D eigenvalue weighted by Crippen LogP contribution is -2.29. The van der Waals surface area contributed by atoms with Crippen molar-refractivity contribution in [2.75, 3.05) is 6.54 Å². The molecule has 0 saturated carbocycles. The molecule has 7 nitrogen and oxygen atoms in total. The highest BCUT2D eigenvalue weighted by molar-refractivity contribution is 6.37. The number of hydrogen-bond donors (Lipinski definition) is 3. The van der Waals surface area contributed by atoms with Gasteiger partial charge in [-0.3, -0.25) is 9.59 Å². The Morgan fingerprint density at radius 2 is 1.84 bits per heavy atom. The molecule has 0 unspecified atom stereocenters. The van der Waals surface area contributed by atoms with E-state index in [1.807, 2.05) is 0 Å². The topological polar surface area (TPSA) is 104 Å². The van der Waals surface area contributed by atoms with Gasteiger partial charge >= 0.3 is 18.3 Å². The molecule has 0 bridgehead atoms. The van der Waals surface area contributed by atoms with Gasteiger partial charge < -0.3 is 20.1 Å². The van der Waals surface area contributed by atoms with Crippen molar-refractivity contribution in [2.45, 2.75) is 12.3 Å². The zero-order chi connectivity index (χ0) is 22.9. The molecule has 0 saturated heterocycles. The average Bonchev–Trinajstić information content (AvgIpc) is 3.12. The molecule has 0 atom stereocenters. The number of hydrogen-bond acceptors (Lipinski definition) is 4. The average molecular weight is 480 g/mol. The number of H-pyrrole nitrogens is 1. The number of carboxylic acid groups (broad SMARTS) is 1. The number of rotatable bonds is 7. The number of alkyl halides is 4. The predicted octanol–water partition coefficient (Wildman–Crippen LogP) is 4.83. The van der Waals surface area contributed by atoms with Gasteiger partial charge in [-0.05, 0) is 24.3 Å². The normalized spacial score (nSPS) is 11.7. The summed E-state index contributed by atoms with van der Waals surface area (Å²) < 4.78 is 57.6. The molecule has 3 N–H and O–H groups in total. The number of carbonyl (C=O) groups is 2. The number of aromatic amines is 1. The molecular formula is C18H11Cl2F4N3O4. The highest BCUT2D eigenvalue weighted by Crippen LogP contribution is 2.39. The number of amides is 1. The molecule has 0 radical (unpaired) electrons. The van der Waals surface area contributed by atoms with Crippen LogP contribution in [0.25, 0.3) is 11.0 Å². The van der Waals surface area contributed by atoms with Gasteiger partial charge in [0.25, 0.3) is 5.91 Å². The molecule has 0 fully saturated rings. The molecular weight excluding hydrogens is 469 g/mol. The van der Waals surface area contributed by atoms with E-state index in [0.29, 0.717) is 0 Å². The first-order chi connectivity index (χ1) is 14.5. The standard InChI is InChI=1S/C18H11Cl2F4N3O4/c19-9-3-7(15(30)25-6-13(28)29)4-10(20)14(9)31-8-1-2-11-12(5-8)27-17(26-11)18(23,24)16(21)22/h1-5,16H,6H2,(H,25,30)(H,26,27)(H,28,29). The Morgan fingerprint density at radius 1 is 1.19 bits per heavy atom. The number of aromatic nitrogens is 2. The molecule has 0 spiro atoms. The maximum atomic E-state index is 13.5. The minimum atomic E-state index is -4.45. The minimum absolute atomic E-state index is 0.00439. The van der Waals surface area contributed by atoms with Gasteiger partial charge in [0.2, 0.25) is 0 Å². The number of fused-ring (bicyclic) bond motifs is 1. The second-order valence-electron chi connectivity index (χ2n) is 6.14. The SMILES string of the molecule is O=C(O)CNC(=O)c1cc(Cl)c(Oc2ccc3nc(C(F)(F)C(F)F)[nH]c3c2)c(Cl)c1. The monoisotopic (exact) mass is 479 g/mol. The van der Waals surface area contributed by atoms with E-state index in [9.17, 15) is 27.2 Å². The van der Waals surface area contributed by atoms with Gasteiger partial charge in [0.15, 0.2) is 11.6 Å². The Kier molecular flexibility index (Phi) is 6.27. The summed E-state index contributed by atoms with van der Waals surface area (Å²) in [4.78, 5) is 28.1. The first-order valence-corrected chi connectivity index (χ1v) is 9.07. The van der Waals surface area contributed by atoms with Crippen LogP contribution < -0.4 is 10.1 Å². The summed E-state index contributed by atoms with van der Waals surface area (Å²) in [5.41, 5.74) is -0.0125. The Bertz CT molecular complexity index is 1150. The second kappa shape index (κ2) is 8.60. The van der Waals surface area contributed by atoms with Gasteiger partial charge in [-0.1, -0.05) is 23.2 Å². The molecule has 0 aliphatic heterocycles. The summed E-state index contributed by atoms with van der Waals surface area (Å²) in [6.45, 7) is -0.608. The van der Waals surface area contributed by atoms with Gasteiger partial charge in [-0.15, -0.1) is 0 Å².